The molecular weight excluding hydrogens is 515 g/mol. The van der Waals surface area contributed by atoms with E-state index in [-0.39, 0.29) is 12.3 Å². The Morgan fingerprint density at radius 2 is 2.00 bits per heavy atom. The van der Waals surface area contributed by atoms with Gasteiger partial charge in [0.15, 0.2) is 11.5 Å². The zero-order chi connectivity index (χ0) is 22.7. The second-order valence-electron chi connectivity index (χ2n) is 6.33. The molecule has 1 aliphatic heterocycles. The number of nitrogens with zero attached hydrogens (tertiary/aromatic N) is 1. The third-order valence-corrected chi connectivity index (χ3v) is 5.38. The summed E-state index contributed by atoms with van der Waals surface area (Å²) in [7, 11) is 1.46. The number of ether oxygens (including phenoxy) is 2. The monoisotopic (exact) mass is 528 g/mol. The summed E-state index contributed by atoms with van der Waals surface area (Å²) in [4.78, 5) is 35.6. The lowest BCUT2D eigenvalue weighted by molar-refractivity contribution is -0.140. The molecule has 0 atom stereocenters. The van der Waals surface area contributed by atoms with Gasteiger partial charge in [0.25, 0.3) is 5.91 Å². The number of amides is 3. The van der Waals surface area contributed by atoms with E-state index in [4.69, 9.17) is 37.8 Å². The van der Waals surface area contributed by atoms with Gasteiger partial charge in [0.2, 0.25) is 0 Å². The van der Waals surface area contributed by atoms with Crippen molar-refractivity contribution in [1.29, 1.82) is 0 Å². The topological polar surface area (TPSA) is 105 Å². The van der Waals surface area contributed by atoms with Crippen molar-refractivity contribution < 1.29 is 29.0 Å². The molecular formula is C20H15BrCl2N2O6. The number of aliphatic carboxylic acids is 1. The number of benzene rings is 2. The summed E-state index contributed by atoms with van der Waals surface area (Å²) in [6.07, 6.45) is 1.41. The van der Waals surface area contributed by atoms with Gasteiger partial charge in [-0.05, 0) is 51.8 Å². The van der Waals surface area contributed by atoms with E-state index in [1.165, 1.54) is 13.2 Å². The molecule has 1 fully saturated rings. The number of methoxy groups -OCH3 is 1. The van der Waals surface area contributed by atoms with Crippen LogP contribution >= 0.6 is 39.1 Å². The van der Waals surface area contributed by atoms with Crippen LogP contribution in [0.4, 0.5) is 4.79 Å². The first-order valence-electron chi connectivity index (χ1n) is 8.70. The van der Waals surface area contributed by atoms with Crippen LogP contribution in [0.25, 0.3) is 6.08 Å². The summed E-state index contributed by atoms with van der Waals surface area (Å²) < 4.78 is 11.8. The highest BCUT2D eigenvalue weighted by Gasteiger charge is 2.34. The fourth-order valence-corrected chi connectivity index (χ4v) is 3.81. The lowest BCUT2D eigenvalue weighted by Gasteiger charge is -2.14. The zero-order valence-electron chi connectivity index (χ0n) is 15.9. The predicted octanol–water partition coefficient (Wildman–Crippen LogP) is 4.32. The van der Waals surface area contributed by atoms with Crippen molar-refractivity contribution in [1.82, 2.24) is 10.2 Å². The second kappa shape index (κ2) is 9.59. The van der Waals surface area contributed by atoms with Crippen LogP contribution in [0.5, 0.6) is 11.5 Å². The SMILES string of the molecule is COc1cc(/C=C2/NC(=O)N(CC(=O)O)C2=O)cc(Br)c1OCc1ccc(Cl)cc1Cl. The number of carbonyl (C=O) groups is 3. The summed E-state index contributed by atoms with van der Waals surface area (Å²) in [5, 5.41) is 12.2. The minimum atomic E-state index is -1.29. The van der Waals surface area contributed by atoms with E-state index in [1.807, 2.05) is 0 Å². The maximum Gasteiger partial charge on any atom is 0.329 e. The molecule has 0 aliphatic carbocycles. The first-order valence-corrected chi connectivity index (χ1v) is 10.2. The number of halogens is 3. The number of imide groups is 1. The summed E-state index contributed by atoms with van der Waals surface area (Å²) >= 11 is 15.5. The minimum absolute atomic E-state index is 0.0539. The zero-order valence-corrected chi connectivity index (χ0v) is 19.0. The van der Waals surface area contributed by atoms with Gasteiger partial charge in [-0.15, -0.1) is 0 Å². The molecule has 0 radical (unpaired) electrons. The minimum Gasteiger partial charge on any atom is -0.493 e. The molecule has 3 rings (SSSR count). The average molecular weight is 530 g/mol. The molecule has 2 N–H and O–H groups in total. The van der Waals surface area contributed by atoms with Crippen molar-refractivity contribution in [3.63, 3.8) is 0 Å². The van der Waals surface area contributed by atoms with Crippen molar-refractivity contribution in [2.24, 2.45) is 0 Å². The molecule has 1 aliphatic rings. The molecule has 0 bridgehead atoms. The van der Waals surface area contributed by atoms with Gasteiger partial charge in [-0.2, -0.15) is 0 Å². The van der Waals surface area contributed by atoms with E-state index < -0.39 is 24.5 Å². The standard InChI is InChI=1S/C20H15BrCl2N2O6/c1-30-16-6-10(5-15-19(28)25(8-17(26)27)20(29)24-15)4-13(21)18(16)31-9-11-2-3-12(22)7-14(11)23/h2-7H,8-9H2,1H3,(H,24,29)(H,26,27)/b15-5+. The number of hydrogen-bond donors (Lipinski definition) is 2. The van der Waals surface area contributed by atoms with E-state index >= 15 is 0 Å². The Kier molecular flexibility index (Phi) is 7.09. The first kappa shape index (κ1) is 22.9. The Bertz CT molecular complexity index is 1110. The molecule has 162 valence electrons. The number of rotatable bonds is 7. The molecule has 3 amide bonds. The van der Waals surface area contributed by atoms with Crippen LogP contribution in [-0.4, -0.2) is 41.6 Å². The molecule has 0 aromatic heterocycles. The molecule has 1 saturated heterocycles. The molecule has 0 saturated carbocycles. The number of hydrogen-bond acceptors (Lipinski definition) is 5. The summed E-state index contributed by atoms with van der Waals surface area (Å²) in [6, 6.07) is 7.53. The highest BCUT2D eigenvalue weighted by atomic mass is 79.9. The van der Waals surface area contributed by atoms with Gasteiger partial charge in [0.05, 0.1) is 11.6 Å². The molecule has 0 spiro atoms. The molecule has 2 aromatic rings. The smallest absolute Gasteiger partial charge is 0.329 e. The Balaban J connectivity index is 1.84. The van der Waals surface area contributed by atoms with Gasteiger partial charge in [-0.1, -0.05) is 29.3 Å². The molecule has 31 heavy (non-hydrogen) atoms. The Hall–Kier alpha value is -2.75. The van der Waals surface area contributed by atoms with E-state index in [0.717, 1.165) is 5.56 Å². The van der Waals surface area contributed by atoms with Gasteiger partial charge in [0.1, 0.15) is 18.8 Å². The van der Waals surface area contributed by atoms with Gasteiger partial charge in [-0.3, -0.25) is 9.59 Å². The summed E-state index contributed by atoms with van der Waals surface area (Å²) in [5.74, 6) is -1.26. The van der Waals surface area contributed by atoms with Crippen LogP contribution in [0.3, 0.4) is 0 Å². The number of carbonyl (C=O) groups excluding carboxylic acids is 2. The molecule has 1 heterocycles. The number of nitrogens with one attached hydrogen (secondary N) is 1. The number of urea groups is 1. The summed E-state index contributed by atoms with van der Waals surface area (Å²) in [5.41, 5.74) is 1.19. The largest absolute Gasteiger partial charge is 0.493 e. The Morgan fingerprint density at radius 1 is 1.26 bits per heavy atom. The van der Waals surface area contributed by atoms with Crippen LogP contribution in [-0.2, 0) is 16.2 Å². The van der Waals surface area contributed by atoms with Crippen molar-refractivity contribution >= 4 is 63.1 Å². The normalized spacial score (nSPS) is 14.7. The van der Waals surface area contributed by atoms with E-state index in [2.05, 4.69) is 21.2 Å². The van der Waals surface area contributed by atoms with Crippen molar-refractivity contribution in [3.05, 3.63) is 61.7 Å². The Morgan fingerprint density at radius 3 is 2.65 bits per heavy atom. The molecule has 8 nitrogen and oxygen atoms in total. The van der Waals surface area contributed by atoms with Crippen LogP contribution in [0.2, 0.25) is 10.0 Å². The average Bonchev–Trinajstić information content (AvgIpc) is 2.95. The van der Waals surface area contributed by atoms with Gasteiger partial charge in [0, 0.05) is 15.6 Å². The van der Waals surface area contributed by atoms with Crippen LogP contribution in [0, 0.1) is 0 Å². The van der Waals surface area contributed by atoms with E-state index in [1.54, 1.807) is 30.3 Å². The molecule has 11 heteroatoms. The van der Waals surface area contributed by atoms with Crippen molar-refractivity contribution in [2.75, 3.05) is 13.7 Å². The highest BCUT2D eigenvalue weighted by molar-refractivity contribution is 9.10. The van der Waals surface area contributed by atoms with Gasteiger partial charge < -0.3 is 19.9 Å². The third kappa shape index (κ3) is 5.30. The maximum absolute atomic E-state index is 12.3. The van der Waals surface area contributed by atoms with Crippen LogP contribution < -0.4 is 14.8 Å². The number of carboxylic acids is 1. The fourth-order valence-electron chi connectivity index (χ4n) is 2.77. The summed E-state index contributed by atoms with van der Waals surface area (Å²) in [6.45, 7) is -0.570. The highest BCUT2D eigenvalue weighted by Crippen LogP contribution is 2.38. The lowest BCUT2D eigenvalue weighted by atomic mass is 10.1. The first-order chi connectivity index (χ1) is 14.7. The fraction of sp³-hybridized carbons (Fsp3) is 0.150. The van der Waals surface area contributed by atoms with E-state index in [0.29, 0.717) is 36.5 Å². The Labute approximate surface area is 195 Å². The molecule has 2 aromatic carbocycles. The quantitative estimate of drug-likeness (QED) is 0.409. The van der Waals surface area contributed by atoms with Gasteiger partial charge >= 0.3 is 12.0 Å². The van der Waals surface area contributed by atoms with Crippen molar-refractivity contribution in [2.45, 2.75) is 6.61 Å². The van der Waals surface area contributed by atoms with E-state index in [9.17, 15) is 14.4 Å². The third-order valence-electron chi connectivity index (χ3n) is 4.21. The van der Waals surface area contributed by atoms with Crippen LogP contribution in [0.15, 0.2) is 40.5 Å². The number of carboxylic acid groups (broad SMARTS) is 1. The predicted molar refractivity (Wildman–Crippen MR) is 117 cm³/mol. The van der Waals surface area contributed by atoms with Crippen molar-refractivity contribution in [3.8, 4) is 11.5 Å². The molecule has 0 unspecified atom stereocenters. The van der Waals surface area contributed by atoms with Gasteiger partial charge in [-0.25, -0.2) is 9.69 Å². The lowest BCUT2D eigenvalue weighted by Crippen LogP contribution is -2.35. The maximum atomic E-state index is 12.3. The second-order valence-corrected chi connectivity index (χ2v) is 8.03. The van der Waals surface area contributed by atoms with Crippen LogP contribution in [0.1, 0.15) is 11.1 Å².